The predicted octanol–water partition coefficient (Wildman–Crippen LogP) is 6.68. The summed E-state index contributed by atoms with van der Waals surface area (Å²) in [7, 11) is 0. The zero-order chi connectivity index (χ0) is 20.4. The van der Waals surface area contributed by atoms with E-state index in [-0.39, 0.29) is 5.78 Å². The van der Waals surface area contributed by atoms with Crippen LogP contribution in [0, 0.1) is 13.8 Å². The molecule has 0 radical (unpaired) electrons. The highest BCUT2D eigenvalue weighted by Crippen LogP contribution is 2.39. The summed E-state index contributed by atoms with van der Waals surface area (Å²) in [5, 5.41) is 0. The summed E-state index contributed by atoms with van der Waals surface area (Å²) in [6.07, 6.45) is 1.82. The van der Waals surface area contributed by atoms with Gasteiger partial charge in [0, 0.05) is 11.1 Å². The lowest BCUT2D eigenvalue weighted by Crippen LogP contribution is -2.03. The minimum atomic E-state index is 0.111. The fourth-order valence-corrected chi connectivity index (χ4v) is 5.13. The second-order valence-electron chi connectivity index (χ2n) is 8.75. The molecule has 0 atom stereocenters. The molecular weight excluding hydrogens is 364 g/mol. The zero-order valence-corrected chi connectivity index (χ0v) is 17.3. The molecule has 0 aliphatic heterocycles. The lowest BCUT2D eigenvalue weighted by molar-refractivity contribution is 0.103. The Morgan fingerprint density at radius 1 is 0.533 bits per heavy atom. The molecule has 0 heterocycles. The van der Waals surface area contributed by atoms with Crippen molar-refractivity contribution in [2.24, 2.45) is 0 Å². The van der Waals surface area contributed by atoms with Crippen molar-refractivity contribution >= 4 is 5.78 Å². The monoisotopic (exact) mass is 386 g/mol. The Bertz CT molecular complexity index is 1270. The first-order valence-corrected chi connectivity index (χ1v) is 10.6. The first-order valence-electron chi connectivity index (χ1n) is 10.6. The van der Waals surface area contributed by atoms with Crippen LogP contribution >= 0.6 is 0 Å². The maximum atomic E-state index is 13.3. The van der Waals surface area contributed by atoms with Gasteiger partial charge in [-0.05, 0) is 83.3 Å². The van der Waals surface area contributed by atoms with Crippen LogP contribution < -0.4 is 0 Å². The van der Waals surface area contributed by atoms with Gasteiger partial charge in [-0.15, -0.1) is 0 Å². The quantitative estimate of drug-likeness (QED) is 0.304. The second-order valence-corrected chi connectivity index (χ2v) is 8.75. The highest BCUT2D eigenvalue weighted by Gasteiger charge is 2.23. The molecule has 0 N–H and O–H groups in total. The number of hydrogen-bond donors (Lipinski definition) is 0. The molecule has 0 amide bonds. The summed E-state index contributed by atoms with van der Waals surface area (Å²) >= 11 is 0. The van der Waals surface area contributed by atoms with Crippen LogP contribution in [0.1, 0.15) is 49.3 Å². The molecule has 30 heavy (non-hydrogen) atoms. The fraction of sp³-hybridized carbons (Fsp3) is 0.138. The molecule has 0 fully saturated rings. The van der Waals surface area contributed by atoms with Crippen LogP contribution in [-0.4, -0.2) is 5.78 Å². The van der Waals surface area contributed by atoms with E-state index in [2.05, 4.69) is 74.5 Å². The van der Waals surface area contributed by atoms with E-state index < -0.39 is 0 Å². The molecule has 4 aromatic rings. The number of benzene rings is 4. The van der Waals surface area contributed by atoms with Crippen LogP contribution in [0.15, 0.2) is 72.8 Å². The summed E-state index contributed by atoms with van der Waals surface area (Å²) in [5.74, 6) is 0.111. The van der Waals surface area contributed by atoms with Crippen LogP contribution in [0.3, 0.4) is 0 Å². The van der Waals surface area contributed by atoms with E-state index in [1.807, 2.05) is 12.1 Å². The molecule has 0 saturated heterocycles. The molecule has 0 aromatic heterocycles. The SMILES string of the molecule is Cc1ccc2c(c1)Cc1cc(C(=O)c3ccc4c(c3)Cc3cc(C)ccc3-4)ccc1-2. The van der Waals surface area contributed by atoms with Crippen LogP contribution in [0.4, 0.5) is 0 Å². The van der Waals surface area contributed by atoms with Crippen molar-refractivity contribution < 1.29 is 4.79 Å². The Morgan fingerprint density at radius 3 is 1.33 bits per heavy atom. The van der Waals surface area contributed by atoms with Crippen molar-refractivity contribution in [3.8, 4) is 22.3 Å². The van der Waals surface area contributed by atoms with Crippen molar-refractivity contribution in [1.29, 1.82) is 0 Å². The number of aryl methyl sites for hydroxylation is 2. The van der Waals surface area contributed by atoms with Crippen LogP contribution in [0.2, 0.25) is 0 Å². The lowest BCUT2D eigenvalue weighted by atomic mass is 9.95. The van der Waals surface area contributed by atoms with Crippen molar-refractivity contribution in [3.05, 3.63) is 117 Å². The lowest BCUT2D eigenvalue weighted by Gasteiger charge is -2.07. The molecule has 6 rings (SSSR count). The number of carbonyl (C=O) groups is 1. The van der Waals surface area contributed by atoms with Gasteiger partial charge in [0.05, 0.1) is 0 Å². The summed E-state index contributed by atoms with van der Waals surface area (Å²) < 4.78 is 0. The molecular formula is C29H22O. The summed E-state index contributed by atoms with van der Waals surface area (Å²) in [6.45, 7) is 4.26. The van der Waals surface area contributed by atoms with E-state index >= 15 is 0 Å². The van der Waals surface area contributed by atoms with E-state index in [1.54, 1.807) is 0 Å². The first kappa shape index (κ1) is 17.4. The number of rotatable bonds is 2. The summed E-state index contributed by atoms with van der Waals surface area (Å²) in [5.41, 5.74) is 14.5. The molecule has 1 nitrogen and oxygen atoms in total. The van der Waals surface area contributed by atoms with Crippen LogP contribution in [0.25, 0.3) is 22.3 Å². The maximum Gasteiger partial charge on any atom is 0.193 e. The second kappa shape index (κ2) is 6.27. The van der Waals surface area contributed by atoms with Crippen molar-refractivity contribution in [2.45, 2.75) is 26.7 Å². The van der Waals surface area contributed by atoms with Gasteiger partial charge in [0.1, 0.15) is 0 Å². The largest absolute Gasteiger partial charge is 0.289 e. The number of ketones is 1. The van der Waals surface area contributed by atoms with Crippen molar-refractivity contribution in [3.63, 3.8) is 0 Å². The molecule has 2 aliphatic carbocycles. The maximum absolute atomic E-state index is 13.3. The van der Waals surface area contributed by atoms with Gasteiger partial charge in [0.2, 0.25) is 0 Å². The minimum Gasteiger partial charge on any atom is -0.289 e. The van der Waals surface area contributed by atoms with E-state index in [1.165, 1.54) is 55.6 Å². The number of carbonyl (C=O) groups excluding carboxylic acids is 1. The number of hydrogen-bond acceptors (Lipinski definition) is 1. The third kappa shape index (κ3) is 2.59. The molecule has 0 spiro atoms. The fourth-order valence-electron chi connectivity index (χ4n) is 5.13. The molecule has 1 heteroatoms. The highest BCUT2D eigenvalue weighted by atomic mass is 16.1. The van der Waals surface area contributed by atoms with Gasteiger partial charge in [-0.1, -0.05) is 71.8 Å². The third-order valence-electron chi connectivity index (χ3n) is 6.60. The Balaban J connectivity index is 1.34. The molecule has 0 saturated carbocycles. The Kier molecular flexibility index (Phi) is 3.64. The summed E-state index contributed by atoms with van der Waals surface area (Å²) in [4.78, 5) is 13.3. The molecule has 144 valence electrons. The van der Waals surface area contributed by atoms with Gasteiger partial charge in [-0.25, -0.2) is 0 Å². The normalized spacial score (nSPS) is 12.9. The molecule has 4 aromatic carbocycles. The first-order chi connectivity index (χ1) is 14.6. The standard InChI is InChI=1S/C29H22O/c1-17-3-7-25-21(11-17)15-23-13-19(5-9-27(23)25)29(30)20-6-10-28-24(14-20)16-22-12-18(2)4-8-26(22)28/h3-14H,15-16H2,1-2H3. The van der Waals surface area contributed by atoms with E-state index in [9.17, 15) is 4.79 Å². The Morgan fingerprint density at radius 2 is 0.900 bits per heavy atom. The highest BCUT2D eigenvalue weighted by molar-refractivity contribution is 6.10. The van der Waals surface area contributed by atoms with Crippen LogP contribution in [-0.2, 0) is 12.8 Å². The smallest absolute Gasteiger partial charge is 0.193 e. The number of fused-ring (bicyclic) bond motifs is 6. The minimum absolute atomic E-state index is 0.111. The van der Waals surface area contributed by atoms with E-state index in [0.717, 1.165) is 24.0 Å². The topological polar surface area (TPSA) is 17.1 Å². The van der Waals surface area contributed by atoms with E-state index in [4.69, 9.17) is 0 Å². The Labute approximate surface area is 177 Å². The van der Waals surface area contributed by atoms with Crippen molar-refractivity contribution in [1.82, 2.24) is 0 Å². The molecule has 0 bridgehead atoms. The van der Waals surface area contributed by atoms with Crippen molar-refractivity contribution in [2.75, 3.05) is 0 Å². The van der Waals surface area contributed by atoms with Gasteiger partial charge in [0.25, 0.3) is 0 Å². The van der Waals surface area contributed by atoms with Gasteiger partial charge in [0.15, 0.2) is 5.78 Å². The molecule has 2 aliphatic rings. The van der Waals surface area contributed by atoms with E-state index in [0.29, 0.717) is 0 Å². The zero-order valence-electron chi connectivity index (χ0n) is 17.3. The van der Waals surface area contributed by atoms with Crippen LogP contribution in [0.5, 0.6) is 0 Å². The average Bonchev–Trinajstić information content (AvgIpc) is 3.28. The predicted molar refractivity (Wildman–Crippen MR) is 122 cm³/mol. The third-order valence-corrected chi connectivity index (χ3v) is 6.60. The average molecular weight is 386 g/mol. The van der Waals surface area contributed by atoms with Gasteiger partial charge >= 0.3 is 0 Å². The van der Waals surface area contributed by atoms with Gasteiger partial charge in [-0.2, -0.15) is 0 Å². The van der Waals surface area contributed by atoms with Gasteiger partial charge < -0.3 is 0 Å². The molecule has 0 unspecified atom stereocenters. The Hall–Kier alpha value is -3.45. The van der Waals surface area contributed by atoms with Gasteiger partial charge in [-0.3, -0.25) is 4.79 Å². The summed E-state index contributed by atoms with van der Waals surface area (Å²) in [6, 6.07) is 25.7.